The van der Waals surface area contributed by atoms with E-state index in [1.165, 1.54) is 29.9 Å². The van der Waals surface area contributed by atoms with Crippen LogP contribution in [0.2, 0.25) is 0 Å². The molecular weight excluding hydrogens is 284 g/mol. The lowest BCUT2D eigenvalue weighted by atomic mass is 10.3. The molecule has 0 spiro atoms. The molecule has 0 saturated heterocycles. The van der Waals surface area contributed by atoms with E-state index in [9.17, 15) is 13.2 Å². The standard InChI is InChI=1S/C12H12N2O3S2/c1-9-2-3-12(18-9)11(15)7-19(16,17)6-10-4-5-13-8-14-10/h2-5,8H,6-7H2,1H3. The summed E-state index contributed by atoms with van der Waals surface area (Å²) in [6.07, 6.45) is 2.76. The van der Waals surface area contributed by atoms with Crippen LogP contribution in [0.15, 0.2) is 30.7 Å². The molecule has 100 valence electrons. The number of aromatic nitrogens is 2. The predicted octanol–water partition coefficient (Wildman–Crippen LogP) is 1.64. The van der Waals surface area contributed by atoms with Crippen molar-refractivity contribution in [1.82, 2.24) is 9.97 Å². The number of carbonyl (C=O) groups is 1. The molecule has 2 aromatic rings. The van der Waals surface area contributed by atoms with Gasteiger partial charge in [0.15, 0.2) is 15.6 Å². The van der Waals surface area contributed by atoms with E-state index in [0.29, 0.717) is 10.6 Å². The number of sulfone groups is 1. The smallest absolute Gasteiger partial charge is 0.187 e. The van der Waals surface area contributed by atoms with Crippen molar-refractivity contribution in [3.05, 3.63) is 46.2 Å². The summed E-state index contributed by atoms with van der Waals surface area (Å²) in [5.41, 5.74) is 0.394. The largest absolute Gasteiger partial charge is 0.292 e. The Hall–Kier alpha value is -1.60. The molecular formula is C12H12N2O3S2. The van der Waals surface area contributed by atoms with Crippen LogP contribution in [0.1, 0.15) is 20.2 Å². The van der Waals surface area contributed by atoms with Crippen molar-refractivity contribution in [1.29, 1.82) is 0 Å². The van der Waals surface area contributed by atoms with E-state index in [2.05, 4.69) is 9.97 Å². The highest BCUT2D eigenvalue weighted by Gasteiger charge is 2.20. The van der Waals surface area contributed by atoms with Gasteiger partial charge in [0, 0.05) is 11.1 Å². The van der Waals surface area contributed by atoms with Crippen molar-refractivity contribution in [2.24, 2.45) is 0 Å². The van der Waals surface area contributed by atoms with Crippen LogP contribution < -0.4 is 0 Å². The third-order valence-electron chi connectivity index (χ3n) is 2.38. The SMILES string of the molecule is Cc1ccc(C(=O)CS(=O)(=O)Cc2ccncn2)s1. The van der Waals surface area contributed by atoms with Crippen LogP contribution in [-0.2, 0) is 15.6 Å². The number of hydrogen-bond acceptors (Lipinski definition) is 6. The Morgan fingerprint density at radius 2 is 2.11 bits per heavy atom. The van der Waals surface area contributed by atoms with Crippen LogP contribution in [0, 0.1) is 6.92 Å². The minimum absolute atomic E-state index is 0.244. The molecule has 7 heteroatoms. The lowest BCUT2D eigenvalue weighted by molar-refractivity contribution is 0.102. The number of aryl methyl sites for hydroxylation is 1. The topological polar surface area (TPSA) is 77.0 Å². The fourth-order valence-electron chi connectivity index (χ4n) is 1.54. The summed E-state index contributed by atoms with van der Waals surface area (Å²) in [5.74, 6) is -1.10. The maximum atomic E-state index is 11.9. The average Bonchev–Trinajstić information content (AvgIpc) is 2.76. The molecule has 0 atom stereocenters. The molecule has 2 aromatic heterocycles. The van der Waals surface area contributed by atoms with Gasteiger partial charge in [0.05, 0.1) is 16.3 Å². The third-order valence-corrected chi connectivity index (χ3v) is 4.86. The zero-order chi connectivity index (χ0) is 13.9. The van der Waals surface area contributed by atoms with Crippen molar-refractivity contribution in [3.8, 4) is 0 Å². The molecule has 0 N–H and O–H groups in total. The number of ketones is 1. The van der Waals surface area contributed by atoms with E-state index in [-0.39, 0.29) is 11.5 Å². The Kier molecular flexibility index (Phi) is 4.06. The normalized spacial score (nSPS) is 11.4. The Morgan fingerprint density at radius 3 is 2.68 bits per heavy atom. The van der Waals surface area contributed by atoms with Gasteiger partial charge in [-0.25, -0.2) is 18.4 Å². The first kappa shape index (κ1) is 13.8. The summed E-state index contributed by atoms with van der Waals surface area (Å²) in [6.45, 7) is 1.87. The number of nitrogens with zero attached hydrogens (tertiary/aromatic N) is 2. The van der Waals surface area contributed by atoms with Crippen molar-refractivity contribution >= 4 is 27.0 Å². The minimum atomic E-state index is -3.51. The monoisotopic (exact) mass is 296 g/mol. The van der Waals surface area contributed by atoms with E-state index in [1.54, 1.807) is 12.1 Å². The van der Waals surface area contributed by atoms with Crippen molar-refractivity contribution in [2.75, 3.05) is 5.75 Å². The minimum Gasteiger partial charge on any atom is -0.292 e. The highest BCUT2D eigenvalue weighted by Crippen LogP contribution is 2.17. The lowest BCUT2D eigenvalue weighted by Gasteiger charge is -2.02. The van der Waals surface area contributed by atoms with E-state index in [1.807, 2.05) is 6.92 Å². The van der Waals surface area contributed by atoms with Gasteiger partial charge >= 0.3 is 0 Å². The van der Waals surface area contributed by atoms with Crippen LogP contribution >= 0.6 is 11.3 Å². The number of thiophene rings is 1. The zero-order valence-corrected chi connectivity index (χ0v) is 11.9. The number of carbonyl (C=O) groups excluding carboxylic acids is 1. The van der Waals surface area contributed by atoms with Gasteiger partial charge < -0.3 is 0 Å². The maximum Gasteiger partial charge on any atom is 0.187 e. The molecule has 0 bridgehead atoms. The summed E-state index contributed by atoms with van der Waals surface area (Å²) < 4.78 is 23.8. The molecule has 0 amide bonds. The second kappa shape index (κ2) is 5.58. The molecule has 0 aliphatic rings. The molecule has 0 aromatic carbocycles. The second-order valence-electron chi connectivity index (χ2n) is 4.07. The highest BCUT2D eigenvalue weighted by molar-refractivity contribution is 7.91. The third kappa shape index (κ3) is 3.93. The van der Waals surface area contributed by atoms with Gasteiger partial charge in [-0.1, -0.05) is 0 Å². The lowest BCUT2D eigenvalue weighted by Crippen LogP contribution is -2.17. The van der Waals surface area contributed by atoms with E-state index >= 15 is 0 Å². The van der Waals surface area contributed by atoms with Crippen molar-refractivity contribution in [2.45, 2.75) is 12.7 Å². The molecule has 0 aliphatic carbocycles. The fourth-order valence-corrected chi connectivity index (χ4v) is 3.71. The number of rotatable bonds is 5. The first-order valence-electron chi connectivity index (χ1n) is 5.51. The fraction of sp³-hybridized carbons (Fsp3) is 0.250. The molecule has 2 heterocycles. The van der Waals surface area contributed by atoms with Crippen LogP contribution in [0.4, 0.5) is 0 Å². The van der Waals surface area contributed by atoms with Crippen LogP contribution in [-0.4, -0.2) is 29.9 Å². The van der Waals surface area contributed by atoms with Crippen molar-refractivity contribution < 1.29 is 13.2 Å². The van der Waals surface area contributed by atoms with Gasteiger partial charge in [0.25, 0.3) is 0 Å². The van der Waals surface area contributed by atoms with Gasteiger partial charge in [-0.2, -0.15) is 0 Å². The van der Waals surface area contributed by atoms with Gasteiger partial charge in [-0.15, -0.1) is 11.3 Å². The predicted molar refractivity (Wildman–Crippen MR) is 72.9 cm³/mol. The van der Waals surface area contributed by atoms with Gasteiger partial charge in [0.1, 0.15) is 12.1 Å². The van der Waals surface area contributed by atoms with Gasteiger partial charge in [0.2, 0.25) is 0 Å². The van der Waals surface area contributed by atoms with Crippen LogP contribution in [0.3, 0.4) is 0 Å². The molecule has 19 heavy (non-hydrogen) atoms. The summed E-state index contributed by atoms with van der Waals surface area (Å²) >= 11 is 1.30. The van der Waals surface area contributed by atoms with E-state index in [0.717, 1.165) is 4.88 Å². The van der Waals surface area contributed by atoms with Gasteiger partial charge in [-0.3, -0.25) is 4.79 Å². The average molecular weight is 296 g/mol. The quantitative estimate of drug-likeness (QED) is 0.784. The molecule has 5 nitrogen and oxygen atoms in total. The number of Topliss-reactive ketones (excluding diaryl/α,β-unsaturated/α-hetero) is 1. The highest BCUT2D eigenvalue weighted by atomic mass is 32.2. The molecule has 2 rings (SSSR count). The second-order valence-corrected chi connectivity index (χ2v) is 7.42. The first-order valence-corrected chi connectivity index (χ1v) is 8.15. The summed E-state index contributed by atoms with van der Waals surface area (Å²) in [6, 6.07) is 4.98. The molecule has 0 radical (unpaired) electrons. The summed E-state index contributed by atoms with van der Waals surface area (Å²) in [4.78, 5) is 20.9. The molecule has 0 aliphatic heterocycles. The van der Waals surface area contributed by atoms with Crippen LogP contribution in [0.5, 0.6) is 0 Å². The van der Waals surface area contributed by atoms with Crippen molar-refractivity contribution in [3.63, 3.8) is 0 Å². The molecule has 0 saturated carbocycles. The summed E-state index contributed by atoms with van der Waals surface area (Å²) in [7, 11) is -3.51. The Bertz CT molecular complexity index is 678. The molecule has 0 unspecified atom stereocenters. The Labute approximate surface area is 115 Å². The Balaban J connectivity index is 2.07. The first-order chi connectivity index (χ1) is 8.96. The molecule has 0 fully saturated rings. The zero-order valence-electron chi connectivity index (χ0n) is 10.2. The van der Waals surface area contributed by atoms with Crippen LogP contribution in [0.25, 0.3) is 0 Å². The Morgan fingerprint density at radius 1 is 1.32 bits per heavy atom. The summed E-state index contributed by atoms with van der Waals surface area (Å²) in [5, 5.41) is 0. The van der Waals surface area contributed by atoms with Gasteiger partial charge in [-0.05, 0) is 25.1 Å². The van der Waals surface area contributed by atoms with E-state index < -0.39 is 15.6 Å². The number of hydrogen-bond donors (Lipinski definition) is 0. The van der Waals surface area contributed by atoms with E-state index in [4.69, 9.17) is 0 Å². The maximum absolute atomic E-state index is 11.9.